The number of ketones is 1. The van der Waals surface area contributed by atoms with Crippen molar-refractivity contribution in [3.8, 4) is 5.75 Å². The first-order chi connectivity index (χ1) is 8.93. The van der Waals surface area contributed by atoms with Gasteiger partial charge in [-0.3, -0.25) is 4.79 Å². The van der Waals surface area contributed by atoms with Gasteiger partial charge in [-0.25, -0.2) is 0 Å². The number of carbonyl (C=O) groups is 1. The number of phenols is 1. The van der Waals surface area contributed by atoms with Crippen molar-refractivity contribution in [1.29, 1.82) is 0 Å². The first-order valence-electron chi connectivity index (χ1n) is 5.81. The van der Waals surface area contributed by atoms with Crippen LogP contribution in [0.15, 0.2) is 30.3 Å². The van der Waals surface area contributed by atoms with Gasteiger partial charge in [-0.2, -0.15) is 0 Å². The molecule has 0 fully saturated rings. The Kier molecular flexibility index (Phi) is 3.49. The summed E-state index contributed by atoms with van der Waals surface area (Å²) in [6, 6.07) is 8.24. The highest BCUT2D eigenvalue weighted by atomic mass is 35.5. The van der Waals surface area contributed by atoms with Gasteiger partial charge in [-0.15, -0.1) is 0 Å². The summed E-state index contributed by atoms with van der Waals surface area (Å²) < 4.78 is 0. The maximum atomic E-state index is 12.5. The van der Waals surface area contributed by atoms with Crippen LogP contribution in [0.5, 0.6) is 5.75 Å². The molecule has 0 unspecified atom stereocenters. The molecule has 0 aliphatic carbocycles. The molecule has 0 saturated carbocycles. The van der Waals surface area contributed by atoms with Gasteiger partial charge < -0.3 is 10.8 Å². The van der Waals surface area contributed by atoms with E-state index < -0.39 is 0 Å². The molecule has 0 atom stereocenters. The van der Waals surface area contributed by atoms with E-state index in [1.165, 1.54) is 6.07 Å². The van der Waals surface area contributed by atoms with Crippen LogP contribution in [0.4, 0.5) is 5.69 Å². The van der Waals surface area contributed by atoms with Gasteiger partial charge in [0.1, 0.15) is 5.75 Å². The first kappa shape index (κ1) is 13.4. The van der Waals surface area contributed by atoms with Crippen LogP contribution in [0.2, 0.25) is 5.02 Å². The molecule has 0 radical (unpaired) electrons. The zero-order valence-electron chi connectivity index (χ0n) is 10.7. The number of phenolic OH excluding ortho intramolecular Hbond substituents is 1. The van der Waals surface area contributed by atoms with Crippen LogP contribution in [-0.4, -0.2) is 10.9 Å². The van der Waals surface area contributed by atoms with Crippen LogP contribution in [-0.2, 0) is 0 Å². The van der Waals surface area contributed by atoms with E-state index in [1.54, 1.807) is 38.1 Å². The lowest BCUT2D eigenvalue weighted by atomic mass is 9.95. The monoisotopic (exact) mass is 275 g/mol. The maximum Gasteiger partial charge on any atom is 0.199 e. The topological polar surface area (TPSA) is 63.3 Å². The molecule has 2 aromatic rings. The van der Waals surface area contributed by atoms with Gasteiger partial charge in [-0.1, -0.05) is 23.7 Å². The van der Waals surface area contributed by atoms with Gasteiger partial charge in [0.05, 0.1) is 5.56 Å². The number of nitrogen functional groups attached to an aromatic ring is 1. The molecule has 0 amide bonds. The fourth-order valence-corrected chi connectivity index (χ4v) is 2.21. The number of nitrogens with two attached hydrogens (primary N) is 1. The summed E-state index contributed by atoms with van der Waals surface area (Å²) in [5.41, 5.74) is 8.03. The second-order valence-corrected chi connectivity index (χ2v) is 4.82. The van der Waals surface area contributed by atoms with Crippen molar-refractivity contribution < 1.29 is 9.90 Å². The fourth-order valence-electron chi connectivity index (χ4n) is 2.06. The average molecular weight is 276 g/mol. The Morgan fingerprint density at radius 3 is 2.53 bits per heavy atom. The summed E-state index contributed by atoms with van der Waals surface area (Å²) in [5, 5.41) is 10.5. The Hall–Kier alpha value is -2.00. The minimum Gasteiger partial charge on any atom is -0.507 e. The largest absolute Gasteiger partial charge is 0.507 e. The van der Waals surface area contributed by atoms with E-state index in [2.05, 4.69) is 0 Å². The number of aromatic hydroxyl groups is 1. The number of rotatable bonds is 2. The predicted octanol–water partition coefficient (Wildman–Crippen LogP) is 3.48. The number of aryl methyl sites for hydroxylation is 1. The summed E-state index contributed by atoms with van der Waals surface area (Å²) in [5.74, 6) is -0.400. The molecule has 19 heavy (non-hydrogen) atoms. The third kappa shape index (κ3) is 2.29. The summed E-state index contributed by atoms with van der Waals surface area (Å²) >= 11 is 6.13. The zero-order chi connectivity index (χ0) is 14.2. The van der Waals surface area contributed by atoms with Gasteiger partial charge in [0, 0.05) is 16.3 Å². The van der Waals surface area contributed by atoms with E-state index in [9.17, 15) is 9.90 Å². The van der Waals surface area contributed by atoms with Crippen molar-refractivity contribution in [2.24, 2.45) is 0 Å². The predicted molar refractivity (Wildman–Crippen MR) is 76.9 cm³/mol. The zero-order valence-corrected chi connectivity index (χ0v) is 11.5. The molecule has 3 nitrogen and oxygen atoms in total. The highest BCUT2D eigenvalue weighted by Crippen LogP contribution is 2.33. The van der Waals surface area contributed by atoms with E-state index in [-0.39, 0.29) is 17.1 Å². The Bertz CT molecular complexity index is 665. The van der Waals surface area contributed by atoms with Crippen LogP contribution in [0.3, 0.4) is 0 Å². The van der Waals surface area contributed by atoms with Crippen LogP contribution in [0.1, 0.15) is 27.0 Å². The van der Waals surface area contributed by atoms with E-state index >= 15 is 0 Å². The second-order valence-electron chi connectivity index (χ2n) is 4.44. The Morgan fingerprint density at radius 1 is 1.26 bits per heavy atom. The van der Waals surface area contributed by atoms with E-state index in [0.29, 0.717) is 21.8 Å². The molecule has 0 bridgehead atoms. The molecular weight excluding hydrogens is 262 g/mol. The number of hydrogen-bond donors (Lipinski definition) is 2. The van der Waals surface area contributed by atoms with Crippen molar-refractivity contribution >= 4 is 23.1 Å². The van der Waals surface area contributed by atoms with Crippen molar-refractivity contribution in [2.75, 3.05) is 5.73 Å². The molecule has 0 aliphatic heterocycles. The lowest BCUT2D eigenvalue weighted by molar-refractivity contribution is 0.103. The third-order valence-corrected chi connectivity index (χ3v) is 3.67. The average Bonchev–Trinajstić information content (AvgIpc) is 2.36. The molecule has 0 aromatic heterocycles. The molecule has 0 aliphatic rings. The number of anilines is 1. The van der Waals surface area contributed by atoms with Crippen LogP contribution >= 0.6 is 11.6 Å². The third-order valence-electron chi connectivity index (χ3n) is 3.09. The Labute approximate surface area is 116 Å². The molecule has 2 rings (SSSR count). The number of carbonyl (C=O) groups excluding carboxylic acids is 1. The highest BCUT2D eigenvalue weighted by molar-refractivity contribution is 6.33. The molecule has 4 heteroatoms. The van der Waals surface area contributed by atoms with Crippen molar-refractivity contribution in [2.45, 2.75) is 13.8 Å². The number of hydrogen-bond acceptors (Lipinski definition) is 3. The molecule has 0 spiro atoms. The lowest BCUT2D eigenvalue weighted by Gasteiger charge is -2.12. The summed E-state index contributed by atoms with van der Waals surface area (Å²) in [7, 11) is 0. The number of halogens is 1. The standard InChI is InChI=1S/C15H14ClNO2/c1-8-7-12(18)13(9(2)14(8)16)15(19)10-5-3-4-6-11(10)17/h3-7,18H,17H2,1-2H3. The molecule has 0 heterocycles. The van der Waals surface area contributed by atoms with Gasteiger partial charge >= 0.3 is 0 Å². The Morgan fingerprint density at radius 2 is 1.89 bits per heavy atom. The smallest absolute Gasteiger partial charge is 0.199 e. The molecular formula is C15H14ClNO2. The normalized spacial score (nSPS) is 10.5. The van der Waals surface area contributed by atoms with Gasteiger partial charge in [0.25, 0.3) is 0 Å². The van der Waals surface area contributed by atoms with Crippen molar-refractivity contribution in [1.82, 2.24) is 0 Å². The molecule has 2 aromatic carbocycles. The Balaban J connectivity index is 2.64. The SMILES string of the molecule is Cc1cc(O)c(C(=O)c2ccccc2N)c(C)c1Cl. The molecule has 0 saturated heterocycles. The van der Waals surface area contributed by atoms with Gasteiger partial charge in [0.2, 0.25) is 0 Å². The molecule has 3 N–H and O–H groups in total. The lowest BCUT2D eigenvalue weighted by Crippen LogP contribution is -2.08. The van der Waals surface area contributed by atoms with E-state index in [4.69, 9.17) is 17.3 Å². The van der Waals surface area contributed by atoms with E-state index in [1.807, 2.05) is 0 Å². The number of para-hydroxylation sites is 1. The van der Waals surface area contributed by atoms with Crippen molar-refractivity contribution in [3.63, 3.8) is 0 Å². The van der Waals surface area contributed by atoms with Crippen LogP contribution < -0.4 is 5.73 Å². The second kappa shape index (κ2) is 4.94. The van der Waals surface area contributed by atoms with Crippen LogP contribution in [0, 0.1) is 13.8 Å². The van der Waals surface area contributed by atoms with E-state index in [0.717, 1.165) is 5.56 Å². The van der Waals surface area contributed by atoms with Gasteiger partial charge in [-0.05, 0) is 43.2 Å². The minimum absolute atomic E-state index is 0.0762. The highest BCUT2D eigenvalue weighted by Gasteiger charge is 2.20. The minimum atomic E-state index is -0.324. The maximum absolute atomic E-state index is 12.5. The van der Waals surface area contributed by atoms with Crippen LogP contribution in [0.25, 0.3) is 0 Å². The molecule has 98 valence electrons. The summed E-state index contributed by atoms with van der Waals surface area (Å²) in [6.45, 7) is 3.49. The van der Waals surface area contributed by atoms with Gasteiger partial charge in [0.15, 0.2) is 5.78 Å². The fraction of sp³-hybridized carbons (Fsp3) is 0.133. The summed E-state index contributed by atoms with van der Waals surface area (Å²) in [4.78, 5) is 12.5. The quantitative estimate of drug-likeness (QED) is 0.651. The number of benzene rings is 2. The first-order valence-corrected chi connectivity index (χ1v) is 6.19. The summed E-state index contributed by atoms with van der Waals surface area (Å²) in [6.07, 6.45) is 0. The van der Waals surface area contributed by atoms with Crippen molar-refractivity contribution in [3.05, 3.63) is 57.6 Å².